The molecule has 0 radical (unpaired) electrons. The van der Waals surface area contributed by atoms with Gasteiger partial charge >= 0.3 is 0 Å². The summed E-state index contributed by atoms with van der Waals surface area (Å²) in [7, 11) is 0. The second kappa shape index (κ2) is 5.63. The Bertz CT molecular complexity index is 548. The summed E-state index contributed by atoms with van der Waals surface area (Å²) in [5.41, 5.74) is 4.25. The molecule has 0 atom stereocenters. The monoisotopic (exact) mass is 273 g/mol. The summed E-state index contributed by atoms with van der Waals surface area (Å²) in [4.78, 5) is 11.4. The van der Waals surface area contributed by atoms with Crippen molar-refractivity contribution < 1.29 is 9.53 Å². The van der Waals surface area contributed by atoms with E-state index in [0.717, 1.165) is 49.7 Å². The first kappa shape index (κ1) is 13.1. The van der Waals surface area contributed by atoms with Gasteiger partial charge in [-0.25, -0.2) is 0 Å². The molecular formula is C15H19N3O2. The van der Waals surface area contributed by atoms with E-state index in [2.05, 4.69) is 21.5 Å². The van der Waals surface area contributed by atoms with Crippen molar-refractivity contribution >= 4 is 17.3 Å². The number of amides is 1. The molecule has 0 aliphatic carbocycles. The zero-order valence-corrected chi connectivity index (χ0v) is 11.7. The number of aryl methyl sites for hydroxylation is 1. The highest BCUT2D eigenvalue weighted by Crippen LogP contribution is 2.24. The van der Waals surface area contributed by atoms with Gasteiger partial charge in [0.1, 0.15) is 0 Å². The molecule has 0 bridgehead atoms. The molecule has 0 saturated carbocycles. The maximum atomic E-state index is 11.4. The van der Waals surface area contributed by atoms with Gasteiger partial charge in [-0.2, -0.15) is 5.10 Å². The van der Waals surface area contributed by atoms with Crippen molar-refractivity contribution in [1.82, 2.24) is 5.01 Å². The van der Waals surface area contributed by atoms with Gasteiger partial charge in [0.2, 0.25) is 5.91 Å². The first-order valence-corrected chi connectivity index (χ1v) is 7.03. The Balaban J connectivity index is 1.79. The zero-order chi connectivity index (χ0) is 13.9. The second-order valence-corrected chi connectivity index (χ2v) is 5.17. The normalized spacial score (nSPS) is 19.6. The van der Waals surface area contributed by atoms with Gasteiger partial charge in [0.05, 0.1) is 32.0 Å². The van der Waals surface area contributed by atoms with E-state index >= 15 is 0 Å². The molecule has 2 aliphatic rings. The third kappa shape index (κ3) is 2.82. The fourth-order valence-electron chi connectivity index (χ4n) is 2.53. The van der Waals surface area contributed by atoms with E-state index in [4.69, 9.17) is 4.74 Å². The molecule has 20 heavy (non-hydrogen) atoms. The Labute approximate surface area is 118 Å². The summed E-state index contributed by atoms with van der Waals surface area (Å²) in [6.45, 7) is 5.20. The Hall–Kier alpha value is -1.88. The van der Waals surface area contributed by atoms with Crippen LogP contribution in [0.3, 0.4) is 0 Å². The highest BCUT2D eigenvalue weighted by molar-refractivity contribution is 6.00. The van der Waals surface area contributed by atoms with Crippen molar-refractivity contribution in [2.45, 2.75) is 19.8 Å². The molecule has 5 nitrogen and oxygen atoms in total. The van der Waals surface area contributed by atoms with Crippen molar-refractivity contribution in [3.05, 3.63) is 29.3 Å². The number of anilines is 1. The number of rotatable bonds is 2. The van der Waals surface area contributed by atoms with Crippen LogP contribution in [0.2, 0.25) is 0 Å². The first-order valence-electron chi connectivity index (χ1n) is 7.03. The molecule has 0 spiro atoms. The summed E-state index contributed by atoms with van der Waals surface area (Å²) in [6.07, 6.45) is 1.37. The van der Waals surface area contributed by atoms with Gasteiger partial charge < -0.3 is 10.1 Å². The van der Waals surface area contributed by atoms with Crippen molar-refractivity contribution in [2.24, 2.45) is 5.10 Å². The largest absolute Gasteiger partial charge is 0.378 e. The number of hydrogen-bond donors (Lipinski definition) is 1. The van der Waals surface area contributed by atoms with Gasteiger partial charge in [-0.1, -0.05) is 6.07 Å². The number of carbonyl (C=O) groups is 1. The predicted octanol–water partition coefficient (Wildman–Crippen LogP) is 1.63. The summed E-state index contributed by atoms with van der Waals surface area (Å²) in [6, 6.07) is 6.12. The van der Waals surface area contributed by atoms with Crippen molar-refractivity contribution in [3.63, 3.8) is 0 Å². The minimum atomic E-state index is 0.101. The van der Waals surface area contributed by atoms with E-state index in [-0.39, 0.29) is 5.91 Å². The van der Waals surface area contributed by atoms with Crippen molar-refractivity contribution in [1.29, 1.82) is 0 Å². The zero-order valence-electron chi connectivity index (χ0n) is 11.7. The average molecular weight is 273 g/mol. The van der Waals surface area contributed by atoms with Gasteiger partial charge in [0, 0.05) is 12.1 Å². The summed E-state index contributed by atoms with van der Waals surface area (Å²) >= 11 is 0. The minimum absolute atomic E-state index is 0.101. The number of hydrazone groups is 1. The molecule has 3 rings (SSSR count). The molecule has 1 fully saturated rings. The fourth-order valence-corrected chi connectivity index (χ4v) is 2.53. The summed E-state index contributed by atoms with van der Waals surface area (Å²) < 4.78 is 5.32. The SMILES string of the molecule is C/C(=N/N1CCOCC1)c1ccc2c(c1)CCC(=O)N2. The molecule has 1 aromatic carbocycles. The van der Waals surface area contributed by atoms with Crippen LogP contribution in [-0.2, 0) is 16.0 Å². The smallest absolute Gasteiger partial charge is 0.224 e. The highest BCUT2D eigenvalue weighted by Gasteiger charge is 2.15. The average Bonchev–Trinajstić information content (AvgIpc) is 2.47. The van der Waals surface area contributed by atoms with E-state index in [1.165, 1.54) is 5.56 Å². The first-order chi connectivity index (χ1) is 9.72. The van der Waals surface area contributed by atoms with Gasteiger partial charge in [-0.15, -0.1) is 0 Å². The number of nitrogens with zero attached hydrogens (tertiary/aromatic N) is 2. The van der Waals surface area contributed by atoms with Crippen LogP contribution in [-0.4, -0.2) is 42.9 Å². The van der Waals surface area contributed by atoms with Crippen LogP contribution in [0.15, 0.2) is 23.3 Å². The highest BCUT2D eigenvalue weighted by atomic mass is 16.5. The van der Waals surface area contributed by atoms with Crippen LogP contribution in [0.25, 0.3) is 0 Å². The Morgan fingerprint density at radius 3 is 2.90 bits per heavy atom. The van der Waals surface area contributed by atoms with E-state index in [1.807, 2.05) is 19.1 Å². The molecule has 2 aliphatic heterocycles. The van der Waals surface area contributed by atoms with Crippen LogP contribution < -0.4 is 5.32 Å². The maximum absolute atomic E-state index is 11.4. The second-order valence-electron chi connectivity index (χ2n) is 5.17. The van der Waals surface area contributed by atoms with E-state index in [9.17, 15) is 4.79 Å². The van der Waals surface area contributed by atoms with Crippen LogP contribution in [0.5, 0.6) is 0 Å². The van der Waals surface area contributed by atoms with Crippen LogP contribution in [0.4, 0.5) is 5.69 Å². The van der Waals surface area contributed by atoms with E-state index in [1.54, 1.807) is 0 Å². The molecule has 1 aromatic rings. The lowest BCUT2D eigenvalue weighted by molar-refractivity contribution is -0.116. The summed E-state index contributed by atoms with van der Waals surface area (Å²) in [5, 5.41) is 9.61. The van der Waals surface area contributed by atoms with Crippen molar-refractivity contribution in [2.75, 3.05) is 31.6 Å². The molecule has 2 heterocycles. The van der Waals surface area contributed by atoms with Gasteiger partial charge in [-0.05, 0) is 36.6 Å². The number of benzene rings is 1. The van der Waals surface area contributed by atoms with Crippen LogP contribution >= 0.6 is 0 Å². The van der Waals surface area contributed by atoms with Gasteiger partial charge in [0.15, 0.2) is 0 Å². The molecule has 1 amide bonds. The lowest BCUT2D eigenvalue weighted by Gasteiger charge is -2.25. The molecule has 1 saturated heterocycles. The lowest BCUT2D eigenvalue weighted by Crippen LogP contribution is -2.33. The third-order valence-corrected chi connectivity index (χ3v) is 3.70. The number of ether oxygens (including phenoxy) is 1. The fraction of sp³-hybridized carbons (Fsp3) is 0.467. The van der Waals surface area contributed by atoms with Crippen LogP contribution in [0.1, 0.15) is 24.5 Å². The predicted molar refractivity (Wildman–Crippen MR) is 78.0 cm³/mol. The lowest BCUT2D eigenvalue weighted by atomic mass is 9.99. The van der Waals surface area contributed by atoms with Crippen molar-refractivity contribution in [3.8, 4) is 0 Å². The quantitative estimate of drug-likeness (QED) is 0.833. The molecule has 0 unspecified atom stereocenters. The number of fused-ring (bicyclic) bond motifs is 1. The molecule has 1 N–H and O–H groups in total. The Kier molecular flexibility index (Phi) is 3.69. The molecule has 5 heteroatoms. The topological polar surface area (TPSA) is 53.9 Å². The Morgan fingerprint density at radius 2 is 2.10 bits per heavy atom. The maximum Gasteiger partial charge on any atom is 0.224 e. The standard InChI is InChI=1S/C15H19N3O2/c1-11(17-18-6-8-20-9-7-18)12-2-4-14-13(10-12)3-5-15(19)16-14/h2,4,10H,3,5-9H2,1H3,(H,16,19)/b17-11-. The van der Waals surface area contributed by atoms with Gasteiger partial charge in [0.25, 0.3) is 0 Å². The number of morpholine rings is 1. The molecule has 0 aromatic heterocycles. The summed E-state index contributed by atoms with van der Waals surface area (Å²) in [5.74, 6) is 0.101. The minimum Gasteiger partial charge on any atom is -0.378 e. The Morgan fingerprint density at radius 1 is 1.30 bits per heavy atom. The third-order valence-electron chi connectivity index (χ3n) is 3.70. The van der Waals surface area contributed by atoms with Crippen LogP contribution in [0, 0.1) is 0 Å². The van der Waals surface area contributed by atoms with E-state index in [0.29, 0.717) is 6.42 Å². The van der Waals surface area contributed by atoms with E-state index < -0.39 is 0 Å². The molecule has 106 valence electrons. The number of hydrogen-bond acceptors (Lipinski definition) is 4. The number of carbonyl (C=O) groups excluding carboxylic acids is 1. The van der Waals surface area contributed by atoms with Gasteiger partial charge in [-0.3, -0.25) is 9.80 Å². The molecular weight excluding hydrogens is 254 g/mol. The number of nitrogens with one attached hydrogen (secondary N) is 1.